The summed E-state index contributed by atoms with van der Waals surface area (Å²) in [5.74, 6) is 0.421. The van der Waals surface area contributed by atoms with Crippen LogP contribution in [0.1, 0.15) is 31.9 Å². The first-order valence-electron chi connectivity index (χ1n) is 5.60. The summed E-state index contributed by atoms with van der Waals surface area (Å²) in [5.41, 5.74) is 6.65. The Bertz CT molecular complexity index is 384. The highest BCUT2D eigenvalue weighted by Crippen LogP contribution is 2.37. The van der Waals surface area contributed by atoms with Gasteiger partial charge in [-0.1, -0.05) is 6.92 Å². The Balaban J connectivity index is 3.09. The second kappa shape index (κ2) is 6.23. The standard InChI is InChI=1S/C12H18BrNO3/c1-3-9(15)11(14)7-5-8(13)12(16)10(6-7)17-4-2/h5-6,9,11,15-16H,3-4,14H2,1-2H3/t9-,11+/m0/s1. The highest BCUT2D eigenvalue weighted by Gasteiger charge is 2.18. The van der Waals surface area contributed by atoms with E-state index in [4.69, 9.17) is 10.5 Å². The molecule has 0 fully saturated rings. The molecule has 0 aliphatic carbocycles. The average Bonchev–Trinajstić information content (AvgIpc) is 2.33. The number of benzene rings is 1. The van der Waals surface area contributed by atoms with Gasteiger partial charge in [0.05, 0.1) is 23.2 Å². The van der Waals surface area contributed by atoms with Crippen molar-refractivity contribution in [3.8, 4) is 11.5 Å². The fourth-order valence-electron chi connectivity index (χ4n) is 1.53. The number of hydrogen-bond acceptors (Lipinski definition) is 4. The van der Waals surface area contributed by atoms with Gasteiger partial charge in [-0.3, -0.25) is 0 Å². The summed E-state index contributed by atoms with van der Waals surface area (Å²) < 4.78 is 5.82. The molecule has 4 N–H and O–H groups in total. The zero-order valence-corrected chi connectivity index (χ0v) is 11.6. The third-order valence-corrected chi connectivity index (χ3v) is 3.17. The second-order valence-electron chi connectivity index (χ2n) is 3.78. The van der Waals surface area contributed by atoms with Crippen LogP contribution in [-0.2, 0) is 0 Å². The van der Waals surface area contributed by atoms with Crippen LogP contribution in [0.25, 0.3) is 0 Å². The largest absolute Gasteiger partial charge is 0.503 e. The van der Waals surface area contributed by atoms with E-state index < -0.39 is 12.1 Å². The minimum absolute atomic E-state index is 0.0498. The first-order valence-corrected chi connectivity index (χ1v) is 6.39. The van der Waals surface area contributed by atoms with Gasteiger partial charge in [0, 0.05) is 0 Å². The Morgan fingerprint density at radius 3 is 2.59 bits per heavy atom. The van der Waals surface area contributed by atoms with Crippen molar-refractivity contribution in [1.82, 2.24) is 0 Å². The van der Waals surface area contributed by atoms with E-state index in [1.54, 1.807) is 12.1 Å². The maximum absolute atomic E-state index is 9.76. The summed E-state index contributed by atoms with van der Waals surface area (Å²) in [4.78, 5) is 0. The molecule has 4 nitrogen and oxygen atoms in total. The molecular weight excluding hydrogens is 286 g/mol. The number of nitrogens with two attached hydrogens (primary N) is 1. The highest BCUT2D eigenvalue weighted by atomic mass is 79.9. The van der Waals surface area contributed by atoms with Gasteiger partial charge in [-0.15, -0.1) is 0 Å². The molecule has 0 aromatic heterocycles. The Kier molecular flexibility index (Phi) is 5.24. The Hall–Kier alpha value is -0.780. The van der Waals surface area contributed by atoms with E-state index in [1.165, 1.54) is 0 Å². The molecule has 0 spiro atoms. The van der Waals surface area contributed by atoms with E-state index >= 15 is 0 Å². The summed E-state index contributed by atoms with van der Waals surface area (Å²) >= 11 is 3.24. The number of hydrogen-bond donors (Lipinski definition) is 3. The second-order valence-corrected chi connectivity index (χ2v) is 4.64. The van der Waals surface area contributed by atoms with Crippen molar-refractivity contribution in [3.05, 3.63) is 22.2 Å². The van der Waals surface area contributed by atoms with E-state index in [9.17, 15) is 10.2 Å². The summed E-state index contributed by atoms with van der Waals surface area (Å²) in [6.07, 6.45) is -0.0372. The maximum atomic E-state index is 9.76. The molecule has 0 bridgehead atoms. The molecule has 0 amide bonds. The van der Waals surface area contributed by atoms with Crippen LogP contribution in [0, 0.1) is 0 Å². The number of aliphatic hydroxyl groups is 1. The van der Waals surface area contributed by atoms with Gasteiger partial charge in [0.25, 0.3) is 0 Å². The number of rotatable bonds is 5. The van der Waals surface area contributed by atoms with Gasteiger partial charge < -0.3 is 20.7 Å². The van der Waals surface area contributed by atoms with Gasteiger partial charge in [-0.2, -0.15) is 0 Å². The predicted octanol–water partition coefficient (Wildman–Crippen LogP) is 2.32. The lowest BCUT2D eigenvalue weighted by Crippen LogP contribution is -2.25. The van der Waals surface area contributed by atoms with Gasteiger partial charge >= 0.3 is 0 Å². The Morgan fingerprint density at radius 2 is 2.06 bits per heavy atom. The fourth-order valence-corrected chi connectivity index (χ4v) is 1.99. The molecule has 17 heavy (non-hydrogen) atoms. The zero-order chi connectivity index (χ0) is 13.0. The van der Waals surface area contributed by atoms with Crippen molar-refractivity contribution in [1.29, 1.82) is 0 Å². The molecule has 0 saturated carbocycles. The van der Waals surface area contributed by atoms with Crippen molar-refractivity contribution < 1.29 is 14.9 Å². The van der Waals surface area contributed by atoms with Crippen molar-refractivity contribution in [2.24, 2.45) is 5.73 Å². The van der Waals surface area contributed by atoms with E-state index in [0.717, 1.165) is 5.56 Å². The van der Waals surface area contributed by atoms with Gasteiger partial charge in [0.1, 0.15) is 0 Å². The smallest absolute Gasteiger partial charge is 0.172 e. The molecule has 0 aliphatic heterocycles. The molecule has 1 aromatic rings. The molecule has 0 aliphatic rings. The lowest BCUT2D eigenvalue weighted by atomic mass is 10.0. The van der Waals surface area contributed by atoms with Crippen LogP contribution >= 0.6 is 15.9 Å². The lowest BCUT2D eigenvalue weighted by Gasteiger charge is -2.19. The third kappa shape index (κ3) is 3.34. The van der Waals surface area contributed by atoms with Crippen LogP contribution in [0.5, 0.6) is 11.5 Å². The van der Waals surface area contributed by atoms with Crippen molar-refractivity contribution in [2.45, 2.75) is 32.4 Å². The fraction of sp³-hybridized carbons (Fsp3) is 0.500. The Morgan fingerprint density at radius 1 is 1.41 bits per heavy atom. The van der Waals surface area contributed by atoms with Crippen LogP contribution in [0.3, 0.4) is 0 Å². The molecular formula is C12H18BrNO3. The summed E-state index contributed by atoms with van der Waals surface area (Å²) in [6.45, 7) is 4.15. The van der Waals surface area contributed by atoms with Gasteiger partial charge in [-0.25, -0.2) is 0 Å². The normalized spacial score (nSPS) is 14.4. The average molecular weight is 304 g/mol. The number of phenolic OH excluding ortho intramolecular Hbond substituents is 1. The molecule has 5 heteroatoms. The van der Waals surface area contributed by atoms with Crippen LogP contribution < -0.4 is 10.5 Å². The monoisotopic (exact) mass is 303 g/mol. The van der Waals surface area contributed by atoms with Crippen LogP contribution in [0.2, 0.25) is 0 Å². The maximum Gasteiger partial charge on any atom is 0.172 e. The van der Waals surface area contributed by atoms with Gasteiger partial charge in [0.2, 0.25) is 0 Å². The molecule has 0 saturated heterocycles. The molecule has 0 heterocycles. The van der Waals surface area contributed by atoms with E-state index in [2.05, 4.69) is 15.9 Å². The molecule has 1 rings (SSSR count). The third-order valence-electron chi connectivity index (χ3n) is 2.57. The molecule has 1 aromatic carbocycles. The molecule has 0 radical (unpaired) electrons. The van der Waals surface area contributed by atoms with Crippen molar-refractivity contribution in [2.75, 3.05) is 6.61 Å². The summed E-state index contributed by atoms with van der Waals surface area (Å²) in [7, 11) is 0. The number of aliphatic hydroxyl groups excluding tert-OH is 1. The van der Waals surface area contributed by atoms with Crippen molar-refractivity contribution in [3.63, 3.8) is 0 Å². The van der Waals surface area contributed by atoms with E-state index in [0.29, 0.717) is 23.2 Å². The van der Waals surface area contributed by atoms with E-state index in [-0.39, 0.29) is 5.75 Å². The van der Waals surface area contributed by atoms with Crippen molar-refractivity contribution >= 4 is 15.9 Å². The van der Waals surface area contributed by atoms with Crippen LogP contribution in [-0.4, -0.2) is 22.9 Å². The minimum Gasteiger partial charge on any atom is -0.503 e. The molecule has 0 unspecified atom stereocenters. The SMILES string of the molecule is CCOc1cc([C@@H](N)[C@@H](O)CC)cc(Br)c1O. The van der Waals surface area contributed by atoms with Gasteiger partial charge in [0.15, 0.2) is 11.5 Å². The number of aromatic hydroxyl groups is 1. The quantitative estimate of drug-likeness (QED) is 0.780. The highest BCUT2D eigenvalue weighted by molar-refractivity contribution is 9.10. The Labute approximate surface area is 110 Å². The van der Waals surface area contributed by atoms with Crippen LogP contribution in [0.4, 0.5) is 0 Å². The molecule has 2 atom stereocenters. The first-order chi connectivity index (χ1) is 8.01. The number of halogens is 1. The summed E-state index contributed by atoms with van der Waals surface area (Å²) in [5, 5.41) is 19.5. The van der Waals surface area contributed by atoms with Gasteiger partial charge in [-0.05, 0) is 47.0 Å². The molecule has 96 valence electrons. The topological polar surface area (TPSA) is 75.7 Å². The zero-order valence-electron chi connectivity index (χ0n) is 9.98. The number of ether oxygens (including phenoxy) is 1. The predicted molar refractivity (Wildman–Crippen MR) is 70.2 cm³/mol. The first kappa shape index (κ1) is 14.3. The van der Waals surface area contributed by atoms with E-state index in [1.807, 2.05) is 13.8 Å². The number of phenols is 1. The van der Waals surface area contributed by atoms with Crippen LogP contribution in [0.15, 0.2) is 16.6 Å². The summed E-state index contributed by atoms with van der Waals surface area (Å²) in [6, 6.07) is 2.87. The minimum atomic E-state index is -0.610. The lowest BCUT2D eigenvalue weighted by molar-refractivity contribution is 0.140.